The summed E-state index contributed by atoms with van der Waals surface area (Å²) >= 11 is 0. The van der Waals surface area contributed by atoms with Crippen LogP contribution in [0.25, 0.3) is 0 Å². The smallest absolute Gasteiger partial charge is 0.407 e. The van der Waals surface area contributed by atoms with Gasteiger partial charge in [-0.05, 0) is 29.5 Å². The fourth-order valence-corrected chi connectivity index (χ4v) is 5.19. The Hall–Kier alpha value is -3.11. The molecule has 3 aromatic carbocycles. The summed E-state index contributed by atoms with van der Waals surface area (Å²) in [4.78, 5) is 12.2. The van der Waals surface area contributed by atoms with E-state index in [0.717, 1.165) is 29.5 Å². The van der Waals surface area contributed by atoms with Crippen molar-refractivity contribution in [2.45, 2.75) is 76.0 Å². The van der Waals surface area contributed by atoms with Gasteiger partial charge in [-0.2, -0.15) is 0 Å². The van der Waals surface area contributed by atoms with Gasteiger partial charge in [0, 0.05) is 0 Å². The first kappa shape index (κ1) is 26.0. The quantitative estimate of drug-likeness (QED) is 0.189. The Labute approximate surface area is 216 Å². The number of rotatable bonds is 14. The summed E-state index contributed by atoms with van der Waals surface area (Å²) in [7, 11) is 0. The number of hydrogen-bond donors (Lipinski definition) is 1. The summed E-state index contributed by atoms with van der Waals surface area (Å²) in [6.07, 6.45) is 9.00. The van der Waals surface area contributed by atoms with Gasteiger partial charge in [0.05, 0.1) is 12.6 Å². The Morgan fingerprint density at radius 2 is 1.19 bits per heavy atom. The molecule has 1 heterocycles. The van der Waals surface area contributed by atoms with E-state index in [1.807, 2.05) is 54.6 Å². The van der Waals surface area contributed by atoms with Gasteiger partial charge >= 0.3 is 6.09 Å². The van der Waals surface area contributed by atoms with Crippen LogP contribution in [0.2, 0.25) is 0 Å². The molecule has 0 bridgehead atoms. The molecular formula is C32H39NO3. The van der Waals surface area contributed by atoms with Crippen molar-refractivity contribution in [2.24, 2.45) is 0 Å². The number of carbonyl (C=O) groups excluding carboxylic acids is 1. The second kappa shape index (κ2) is 13.3. The van der Waals surface area contributed by atoms with Crippen LogP contribution in [0, 0.1) is 0 Å². The Morgan fingerprint density at radius 1 is 0.722 bits per heavy atom. The fourth-order valence-electron chi connectivity index (χ4n) is 5.19. The standard InChI is InChI=1S/C32H39NO3/c1-2-3-4-5-6-7-17-24-30-29(33-31(34)36-30)25-35-32(26-18-11-8-12-19-26,27-20-13-9-14-21-27)28-22-15-10-16-23-28/h8-16,18-23,29-30H,2-7,17,24-25H2,1H3,(H,33,34)/t29-,30+/m0/s1. The molecule has 4 rings (SSSR count). The largest absolute Gasteiger partial charge is 0.444 e. The zero-order chi connectivity index (χ0) is 25.1. The lowest BCUT2D eigenvalue weighted by Gasteiger charge is -2.37. The van der Waals surface area contributed by atoms with Crippen LogP contribution in [0.5, 0.6) is 0 Å². The average Bonchev–Trinajstić information content (AvgIpc) is 3.29. The maximum Gasteiger partial charge on any atom is 0.407 e. The summed E-state index contributed by atoms with van der Waals surface area (Å²) in [6.45, 7) is 2.59. The fraction of sp³-hybridized carbons (Fsp3) is 0.406. The van der Waals surface area contributed by atoms with E-state index in [4.69, 9.17) is 9.47 Å². The highest BCUT2D eigenvalue weighted by Crippen LogP contribution is 2.40. The summed E-state index contributed by atoms with van der Waals surface area (Å²) in [5.41, 5.74) is 2.35. The molecule has 0 aromatic heterocycles. The molecule has 1 fully saturated rings. The molecule has 0 saturated carbocycles. The van der Waals surface area contributed by atoms with Gasteiger partial charge in [0.1, 0.15) is 11.7 Å². The third-order valence-electron chi connectivity index (χ3n) is 7.12. The van der Waals surface area contributed by atoms with E-state index >= 15 is 0 Å². The van der Waals surface area contributed by atoms with Crippen molar-refractivity contribution in [3.63, 3.8) is 0 Å². The summed E-state index contributed by atoms with van der Waals surface area (Å²) < 4.78 is 12.6. The molecule has 0 spiro atoms. The highest BCUT2D eigenvalue weighted by molar-refractivity contribution is 5.70. The molecule has 1 N–H and O–H groups in total. The van der Waals surface area contributed by atoms with Crippen molar-refractivity contribution in [1.29, 1.82) is 0 Å². The average molecular weight is 486 g/mol. The summed E-state index contributed by atoms with van der Waals surface area (Å²) in [5, 5.41) is 3.01. The minimum atomic E-state index is -0.805. The van der Waals surface area contributed by atoms with Gasteiger partial charge in [0.15, 0.2) is 0 Å². The molecule has 1 aliphatic heterocycles. The first-order chi connectivity index (χ1) is 17.7. The predicted octanol–water partition coefficient (Wildman–Crippen LogP) is 7.61. The third-order valence-corrected chi connectivity index (χ3v) is 7.12. The zero-order valence-corrected chi connectivity index (χ0v) is 21.4. The minimum Gasteiger partial charge on any atom is -0.444 e. The van der Waals surface area contributed by atoms with Crippen molar-refractivity contribution in [2.75, 3.05) is 6.61 Å². The van der Waals surface area contributed by atoms with Crippen molar-refractivity contribution in [3.05, 3.63) is 108 Å². The molecule has 1 aliphatic rings. The Kier molecular flexibility index (Phi) is 9.57. The Bertz CT molecular complexity index is 942. The number of alkyl carbamates (subject to hydrolysis) is 1. The first-order valence-electron chi connectivity index (χ1n) is 13.5. The van der Waals surface area contributed by atoms with Crippen LogP contribution in [0.4, 0.5) is 4.79 Å². The minimum absolute atomic E-state index is 0.173. The lowest BCUT2D eigenvalue weighted by atomic mass is 9.80. The molecule has 3 aromatic rings. The molecule has 4 nitrogen and oxygen atoms in total. The molecule has 2 atom stereocenters. The van der Waals surface area contributed by atoms with Crippen LogP contribution in [-0.4, -0.2) is 24.8 Å². The number of unbranched alkanes of at least 4 members (excludes halogenated alkanes) is 6. The molecule has 1 amide bonds. The molecule has 4 heteroatoms. The zero-order valence-electron chi connectivity index (χ0n) is 21.4. The Balaban J connectivity index is 1.53. The first-order valence-corrected chi connectivity index (χ1v) is 13.5. The lowest BCUT2D eigenvalue weighted by Crippen LogP contribution is -2.42. The van der Waals surface area contributed by atoms with Gasteiger partial charge in [-0.15, -0.1) is 0 Å². The number of cyclic esters (lactones) is 1. The van der Waals surface area contributed by atoms with Crippen LogP contribution in [-0.2, 0) is 15.1 Å². The van der Waals surface area contributed by atoms with E-state index in [2.05, 4.69) is 48.6 Å². The Morgan fingerprint density at radius 3 is 1.69 bits per heavy atom. The molecule has 0 aliphatic carbocycles. The predicted molar refractivity (Wildman–Crippen MR) is 145 cm³/mol. The molecule has 36 heavy (non-hydrogen) atoms. The normalized spacial score (nSPS) is 17.5. The van der Waals surface area contributed by atoms with E-state index in [0.29, 0.717) is 6.61 Å². The van der Waals surface area contributed by atoms with E-state index in [1.54, 1.807) is 0 Å². The van der Waals surface area contributed by atoms with Gasteiger partial charge in [-0.3, -0.25) is 0 Å². The van der Waals surface area contributed by atoms with Crippen LogP contribution < -0.4 is 5.32 Å². The van der Waals surface area contributed by atoms with Crippen LogP contribution >= 0.6 is 0 Å². The van der Waals surface area contributed by atoms with Crippen LogP contribution in [0.15, 0.2) is 91.0 Å². The van der Waals surface area contributed by atoms with Crippen LogP contribution in [0.1, 0.15) is 75.0 Å². The van der Waals surface area contributed by atoms with Crippen molar-refractivity contribution < 1.29 is 14.3 Å². The lowest BCUT2D eigenvalue weighted by molar-refractivity contribution is -0.00915. The third kappa shape index (κ3) is 6.36. The number of hydrogen-bond acceptors (Lipinski definition) is 3. The highest BCUT2D eigenvalue weighted by Gasteiger charge is 2.41. The van der Waals surface area contributed by atoms with Crippen molar-refractivity contribution >= 4 is 6.09 Å². The number of amides is 1. The molecule has 1 saturated heterocycles. The maximum absolute atomic E-state index is 12.2. The second-order valence-corrected chi connectivity index (χ2v) is 9.69. The summed E-state index contributed by atoms with van der Waals surface area (Å²) in [5.74, 6) is 0. The number of carbonyl (C=O) groups is 1. The number of benzene rings is 3. The van der Waals surface area contributed by atoms with Gasteiger partial charge in [0.25, 0.3) is 0 Å². The van der Waals surface area contributed by atoms with Gasteiger partial charge in [-0.25, -0.2) is 4.79 Å². The molecule has 190 valence electrons. The van der Waals surface area contributed by atoms with Gasteiger partial charge < -0.3 is 14.8 Å². The van der Waals surface area contributed by atoms with Crippen LogP contribution in [0.3, 0.4) is 0 Å². The monoisotopic (exact) mass is 485 g/mol. The number of nitrogens with one attached hydrogen (secondary N) is 1. The topological polar surface area (TPSA) is 47.6 Å². The maximum atomic E-state index is 12.2. The molecule has 0 unspecified atom stereocenters. The SMILES string of the molecule is CCCCCCCCC[C@H]1OC(=O)N[C@H]1COC(c1ccccc1)(c1ccccc1)c1ccccc1. The molecular weight excluding hydrogens is 446 g/mol. The van der Waals surface area contributed by atoms with E-state index in [-0.39, 0.29) is 18.2 Å². The molecule has 0 radical (unpaired) electrons. The number of ether oxygens (including phenoxy) is 2. The van der Waals surface area contributed by atoms with Crippen molar-refractivity contribution in [1.82, 2.24) is 5.32 Å². The second-order valence-electron chi connectivity index (χ2n) is 9.69. The summed E-state index contributed by atoms with van der Waals surface area (Å²) in [6, 6.07) is 30.8. The van der Waals surface area contributed by atoms with Crippen molar-refractivity contribution in [3.8, 4) is 0 Å². The van der Waals surface area contributed by atoms with E-state index in [9.17, 15) is 4.79 Å². The van der Waals surface area contributed by atoms with Gasteiger partial charge in [0.2, 0.25) is 0 Å². The van der Waals surface area contributed by atoms with E-state index < -0.39 is 5.60 Å². The van der Waals surface area contributed by atoms with Gasteiger partial charge in [-0.1, -0.05) is 136 Å². The highest BCUT2D eigenvalue weighted by atomic mass is 16.6. The van der Waals surface area contributed by atoms with E-state index in [1.165, 1.54) is 38.5 Å².